The summed E-state index contributed by atoms with van der Waals surface area (Å²) in [5.41, 5.74) is 0. The molecule has 6 nitrogen and oxygen atoms in total. The molecule has 0 bridgehead atoms. The predicted molar refractivity (Wildman–Crippen MR) is 298 cm³/mol. The molecule has 1 atom stereocenters. The summed E-state index contributed by atoms with van der Waals surface area (Å²) in [5, 5.41) is 0. The molecule has 0 unspecified atom stereocenters. The molecule has 0 heterocycles. The molecule has 6 heteroatoms. The molecule has 0 aromatic carbocycles. The molecule has 0 aliphatic carbocycles. The van der Waals surface area contributed by atoms with Crippen molar-refractivity contribution in [1.29, 1.82) is 0 Å². The van der Waals surface area contributed by atoms with Crippen LogP contribution in [0.5, 0.6) is 0 Å². The topological polar surface area (TPSA) is 78.9 Å². The molecular weight excluding hydrogens is 853 g/mol. The van der Waals surface area contributed by atoms with Crippen molar-refractivity contribution in [2.24, 2.45) is 0 Å². The van der Waals surface area contributed by atoms with E-state index in [0.29, 0.717) is 19.3 Å². The minimum atomic E-state index is -0.793. The van der Waals surface area contributed by atoms with Gasteiger partial charge in [0.05, 0.1) is 0 Å². The van der Waals surface area contributed by atoms with E-state index in [2.05, 4.69) is 93.7 Å². The van der Waals surface area contributed by atoms with Gasteiger partial charge in [-0.2, -0.15) is 0 Å². The molecule has 0 rings (SSSR count). The second-order valence-corrected chi connectivity index (χ2v) is 19.5. The summed E-state index contributed by atoms with van der Waals surface area (Å²) in [7, 11) is 0. The van der Waals surface area contributed by atoms with Gasteiger partial charge in [0, 0.05) is 19.3 Å². The standard InChI is InChI=1S/C63H110O6/c1-4-7-10-13-16-19-22-25-28-31-34-37-40-43-46-49-52-55-61(64)67-58-60(69-63(66)57-54-51-48-45-42-39-36-33-30-27-24-21-18-15-12-9-6-3)59-68-62(65)56-53-50-47-44-41-38-35-32-29-26-23-20-17-14-11-8-5-2/h16,18-19,21,25-30,36,39,60H,4-15,17,20,22-24,31-35,37-38,40-59H2,1-3H3/b19-16-,21-18-,28-25-,29-26-,30-27-,39-36-/t60-/m1/s1. The lowest BCUT2D eigenvalue weighted by Crippen LogP contribution is -2.30. The smallest absolute Gasteiger partial charge is 0.306 e. The molecule has 0 aromatic rings. The van der Waals surface area contributed by atoms with Crippen molar-refractivity contribution < 1.29 is 28.6 Å². The zero-order chi connectivity index (χ0) is 50.0. The Labute approximate surface area is 427 Å². The van der Waals surface area contributed by atoms with Crippen LogP contribution in [0.2, 0.25) is 0 Å². The van der Waals surface area contributed by atoms with E-state index in [9.17, 15) is 14.4 Å². The highest BCUT2D eigenvalue weighted by molar-refractivity contribution is 5.71. The fraction of sp³-hybridized carbons (Fsp3) is 0.762. The molecule has 0 radical (unpaired) electrons. The van der Waals surface area contributed by atoms with Crippen LogP contribution in [0.1, 0.15) is 290 Å². The van der Waals surface area contributed by atoms with Gasteiger partial charge < -0.3 is 14.2 Å². The number of hydrogen-bond donors (Lipinski definition) is 0. The van der Waals surface area contributed by atoms with Gasteiger partial charge in [0.2, 0.25) is 0 Å². The number of carbonyl (C=O) groups is 3. The first kappa shape index (κ1) is 65.8. The van der Waals surface area contributed by atoms with Gasteiger partial charge in [-0.15, -0.1) is 0 Å². The van der Waals surface area contributed by atoms with Crippen molar-refractivity contribution in [3.8, 4) is 0 Å². The Morgan fingerprint density at radius 2 is 0.522 bits per heavy atom. The Balaban J connectivity index is 4.44. The average molecular weight is 964 g/mol. The summed E-state index contributed by atoms with van der Waals surface area (Å²) < 4.78 is 16.9. The highest BCUT2D eigenvalue weighted by atomic mass is 16.6. The van der Waals surface area contributed by atoms with Gasteiger partial charge in [0.25, 0.3) is 0 Å². The molecule has 0 N–H and O–H groups in total. The average Bonchev–Trinajstić information content (AvgIpc) is 3.35. The number of hydrogen-bond acceptors (Lipinski definition) is 6. The molecule has 0 spiro atoms. The third-order valence-electron chi connectivity index (χ3n) is 12.7. The highest BCUT2D eigenvalue weighted by Gasteiger charge is 2.19. The van der Waals surface area contributed by atoms with Crippen LogP contribution in [0.3, 0.4) is 0 Å². The summed E-state index contributed by atoms with van der Waals surface area (Å²) >= 11 is 0. The Hall–Kier alpha value is -3.15. The lowest BCUT2D eigenvalue weighted by molar-refractivity contribution is -0.167. The summed E-state index contributed by atoms with van der Waals surface area (Å²) in [6.45, 7) is 6.57. The SMILES string of the molecule is CCCCC/C=C\C/C=C\C/C=C\CCCCCCC(=O)O[C@H](COC(=O)CCCCCCCCC/C=C\C/C=C\CCCCC)COC(=O)CCCCCCCCC/C=C\CCCCCCCC. The summed E-state index contributed by atoms with van der Waals surface area (Å²) in [5.74, 6) is -0.914. The van der Waals surface area contributed by atoms with Gasteiger partial charge in [-0.3, -0.25) is 14.4 Å². The Morgan fingerprint density at radius 3 is 0.855 bits per heavy atom. The van der Waals surface area contributed by atoms with Gasteiger partial charge in [0.1, 0.15) is 13.2 Å². The normalized spacial score (nSPS) is 12.6. The maximum absolute atomic E-state index is 12.9. The second-order valence-electron chi connectivity index (χ2n) is 19.5. The van der Waals surface area contributed by atoms with E-state index < -0.39 is 6.10 Å². The second kappa shape index (κ2) is 57.4. The molecule has 69 heavy (non-hydrogen) atoms. The monoisotopic (exact) mass is 963 g/mol. The largest absolute Gasteiger partial charge is 0.462 e. The first-order chi connectivity index (χ1) is 34.0. The minimum absolute atomic E-state index is 0.0888. The molecule has 0 aliphatic heterocycles. The van der Waals surface area contributed by atoms with Gasteiger partial charge in [-0.05, 0) is 116 Å². The zero-order valence-corrected chi connectivity index (χ0v) is 45.6. The van der Waals surface area contributed by atoms with Crippen molar-refractivity contribution in [1.82, 2.24) is 0 Å². The number of unbranched alkanes of at least 4 members (excludes halogenated alkanes) is 30. The molecule has 0 amide bonds. The van der Waals surface area contributed by atoms with Crippen LogP contribution < -0.4 is 0 Å². The highest BCUT2D eigenvalue weighted by Crippen LogP contribution is 2.15. The van der Waals surface area contributed by atoms with Gasteiger partial charge >= 0.3 is 17.9 Å². The van der Waals surface area contributed by atoms with E-state index in [1.165, 1.54) is 154 Å². The van der Waals surface area contributed by atoms with E-state index in [-0.39, 0.29) is 31.1 Å². The van der Waals surface area contributed by atoms with Crippen molar-refractivity contribution >= 4 is 17.9 Å². The number of carbonyl (C=O) groups excluding carboxylic acids is 3. The first-order valence-electron chi connectivity index (χ1n) is 29.4. The van der Waals surface area contributed by atoms with Crippen molar-refractivity contribution in [3.05, 3.63) is 72.9 Å². The third-order valence-corrected chi connectivity index (χ3v) is 12.7. The van der Waals surface area contributed by atoms with Crippen LogP contribution in [0.25, 0.3) is 0 Å². The lowest BCUT2D eigenvalue weighted by Gasteiger charge is -2.18. The zero-order valence-electron chi connectivity index (χ0n) is 45.6. The summed E-state index contributed by atoms with van der Waals surface area (Å²) in [4.78, 5) is 38.2. The fourth-order valence-electron chi connectivity index (χ4n) is 8.18. The van der Waals surface area contributed by atoms with Gasteiger partial charge in [-0.1, -0.05) is 229 Å². The van der Waals surface area contributed by atoms with E-state index in [4.69, 9.17) is 14.2 Å². The van der Waals surface area contributed by atoms with Crippen molar-refractivity contribution in [2.45, 2.75) is 297 Å². The van der Waals surface area contributed by atoms with Crippen LogP contribution in [-0.4, -0.2) is 37.2 Å². The molecular formula is C63H110O6. The number of rotatable bonds is 53. The molecule has 0 aromatic heterocycles. The Kier molecular flexibility index (Phi) is 54.8. The van der Waals surface area contributed by atoms with E-state index in [1.54, 1.807) is 0 Å². The van der Waals surface area contributed by atoms with Crippen LogP contribution in [0.15, 0.2) is 72.9 Å². The summed E-state index contributed by atoms with van der Waals surface area (Å²) in [6.07, 6.45) is 73.1. The number of allylic oxidation sites excluding steroid dienone is 12. The maximum atomic E-state index is 12.9. The molecule has 0 saturated carbocycles. The Bertz CT molecular complexity index is 1290. The number of esters is 3. The predicted octanol–water partition coefficient (Wildman–Crippen LogP) is 19.8. The fourth-order valence-corrected chi connectivity index (χ4v) is 8.18. The van der Waals surface area contributed by atoms with E-state index in [0.717, 1.165) is 96.3 Å². The first-order valence-corrected chi connectivity index (χ1v) is 29.4. The van der Waals surface area contributed by atoms with Gasteiger partial charge in [0.15, 0.2) is 6.10 Å². The minimum Gasteiger partial charge on any atom is -0.462 e. The van der Waals surface area contributed by atoms with E-state index >= 15 is 0 Å². The maximum Gasteiger partial charge on any atom is 0.306 e. The van der Waals surface area contributed by atoms with Gasteiger partial charge in [-0.25, -0.2) is 0 Å². The summed E-state index contributed by atoms with van der Waals surface area (Å²) in [6, 6.07) is 0. The van der Waals surface area contributed by atoms with Crippen LogP contribution in [0.4, 0.5) is 0 Å². The van der Waals surface area contributed by atoms with Crippen molar-refractivity contribution in [2.75, 3.05) is 13.2 Å². The Morgan fingerprint density at radius 1 is 0.290 bits per heavy atom. The van der Waals surface area contributed by atoms with Crippen LogP contribution in [-0.2, 0) is 28.6 Å². The van der Waals surface area contributed by atoms with Crippen LogP contribution >= 0.6 is 0 Å². The molecule has 0 fully saturated rings. The van der Waals surface area contributed by atoms with E-state index in [1.807, 2.05) is 0 Å². The quantitative estimate of drug-likeness (QED) is 0.0262. The van der Waals surface area contributed by atoms with Crippen LogP contribution in [0, 0.1) is 0 Å². The molecule has 398 valence electrons. The third kappa shape index (κ3) is 55.6. The number of ether oxygens (including phenoxy) is 3. The molecule has 0 saturated heterocycles. The lowest BCUT2D eigenvalue weighted by atomic mass is 10.1. The van der Waals surface area contributed by atoms with Crippen molar-refractivity contribution in [3.63, 3.8) is 0 Å². The molecule has 0 aliphatic rings.